The zero-order valence-electron chi connectivity index (χ0n) is 16.4. The van der Waals surface area contributed by atoms with E-state index in [-0.39, 0.29) is 5.82 Å². The first kappa shape index (κ1) is 19.4. The molecule has 0 nitrogen and oxygen atoms in total. The van der Waals surface area contributed by atoms with E-state index in [0.717, 1.165) is 23.8 Å². The van der Waals surface area contributed by atoms with Gasteiger partial charge in [0.1, 0.15) is 5.82 Å². The van der Waals surface area contributed by atoms with E-state index in [4.69, 9.17) is 0 Å². The van der Waals surface area contributed by atoms with Gasteiger partial charge in [-0.05, 0) is 60.3 Å². The van der Waals surface area contributed by atoms with Gasteiger partial charge < -0.3 is 0 Å². The standard InChI is InChI=1S/C25H35F/c1-2-3-4-5-6-7-20-8-10-21(11-9-20)22-12-14-23(15-13-22)24-16-18-25(26)19-17-24/h12,14-22H,2-11,13H2,1H3. The molecule has 26 heavy (non-hydrogen) atoms. The summed E-state index contributed by atoms with van der Waals surface area (Å²) in [5.41, 5.74) is 2.38. The molecule has 0 saturated heterocycles. The predicted molar refractivity (Wildman–Crippen MR) is 110 cm³/mol. The fourth-order valence-corrected chi connectivity index (χ4v) is 4.78. The van der Waals surface area contributed by atoms with Crippen LogP contribution in [0.3, 0.4) is 0 Å². The molecule has 0 amide bonds. The fourth-order valence-electron chi connectivity index (χ4n) is 4.78. The second-order valence-corrected chi connectivity index (χ2v) is 8.41. The molecule has 1 heteroatoms. The minimum Gasteiger partial charge on any atom is -0.207 e. The third-order valence-electron chi connectivity index (χ3n) is 6.52. The smallest absolute Gasteiger partial charge is 0.123 e. The van der Waals surface area contributed by atoms with Gasteiger partial charge in [0.2, 0.25) is 0 Å². The summed E-state index contributed by atoms with van der Waals surface area (Å²) in [6, 6.07) is 6.88. The maximum Gasteiger partial charge on any atom is 0.123 e. The third kappa shape index (κ3) is 5.56. The summed E-state index contributed by atoms with van der Waals surface area (Å²) in [7, 11) is 0. The van der Waals surface area contributed by atoms with Crippen LogP contribution in [0.5, 0.6) is 0 Å². The molecule has 0 N–H and O–H groups in total. The van der Waals surface area contributed by atoms with Gasteiger partial charge in [-0.2, -0.15) is 0 Å². The number of rotatable bonds is 8. The zero-order chi connectivity index (χ0) is 18.2. The highest BCUT2D eigenvalue weighted by Gasteiger charge is 2.26. The molecule has 1 fully saturated rings. The van der Waals surface area contributed by atoms with Crippen molar-refractivity contribution in [3.05, 3.63) is 53.9 Å². The summed E-state index contributed by atoms with van der Waals surface area (Å²) in [6.07, 6.45) is 22.4. The Kier molecular flexibility index (Phi) is 7.53. The average Bonchev–Trinajstić information content (AvgIpc) is 2.69. The van der Waals surface area contributed by atoms with Gasteiger partial charge >= 0.3 is 0 Å². The van der Waals surface area contributed by atoms with E-state index in [2.05, 4.69) is 25.2 Å². The number of unbranched alkanes of at least 4 members (excludes halogenated alkanes) is 4. The van der Waals surface area contributed by atoms with Gasteiger partial charge in [-0.15, -0.1) is 0 Å². The highest BCUT2D eigenvalue weighted by molar-refractivity contribution is 5.74. The Balaban J connectivity index is 1.39. The van der Waals surface area contributed by atoms with Crippen molar-refractivity contribution in [2.24, 2.45) is 17.8 Å². The van der Waals surface area contributed by atoms with Crippen molar-refractivity contribution in [1.29, 1.82) is 0 Å². The largest absolute Gasteiger partial charge is 0.207 e. The Morgan fingerprint density at radius 3 is 2.31 bits per heavy atom. The first-order chi connectivity index (χ1) is 12.8. The lowest BCUT2D eigenvalue weighted by molar-refractivity contribution is 0.218. The molecule has 0 aliphatic heterocycles. The Hall–Kier alpha value is -1.37. The lowest BCUT2D eigenvalue weighted by atomic mass is 9.72. The van der Waals surface area contributed by atoms with Crippen LogP contribution in [0, 0.1) is 23.6 Å². The van der Waals surface area contributed by atoms with Gasteiger partial charge in [0, 0.05) is 0 Å². The number of halogens is 1. The Bertz CT molecular complexity index is 587. The van der Waals surface area contributed by atoms with E-state index in [9.17, 15) is 4.39 Å². The summed E-state index contributed by atoms with van der Waals surface area (Å²) in [6.45, 7) is 2.29. The van der Waals surface area contributed by atoms with Crippen molar-refractivity contribution in [3.8, 4) is 0 Å². The van der Waals surface area contributed by atoms with Crippen LogP contribution < -0.4 is 0 Å². The summed E-state index contributed by atoms with van der Waals surface area (Å²) < 4.78 is 13.1. The molecule has 142 valence electrons. The fraction of sp³-hybridized carbons (Fsp3) is 0.600. The van der Waals surface area contributed by atoms with Crippen LogP contribution in [0.15, 0.2) is 42.5 Å². The second-order valence-electron chi connectivity index (χ2n) is 8.41. The van der Waals surface area contributed by atoms with Crippen molar-refractivity contribution < 1.29 is 4.39 Å². The maximum atomic E-state index is 13.1. The van der Waals surface area contributed by atoms with E-state index in [0.29, 0.717) is 5.92 Å². The first-order valence-corrected chi connectivity index (χ1v) is 10.9. The number of hydrogen-bond donors (Lipinski definition) is 0. The highest BCUT2D eigenvalue weighted by Crippen LogP contribution is 2.39. The highest BCUT2D eigenvalue weighted by atomic mass is 19.1. The number of allylic oxidation sites excluding steroid dienone is 4. The second kappa shape index (κ2) is 10.1. The zero-order valence-corrected chi connectivity index (χ0v) is 16.4. The summed E-state index contributed by atoms with van der Waals surface area (Å²) in [5.74, 6) is 2.42. The quantitative estimate of drug-likeness (QED) is 0.415. The molecule has 1 atom stereocenters. The average molecular weight is 355 g/mol. The van der Waals surface area contributed by atoms with Gasteiger partial charge in [-0.3, -0.25) is 0 Å². The molecule has 1 aromatic rings. The molecule has 0 spiro atoms. The van der Waals surface area contributed by atoms with Gasteiger partial charge in [0.15, 0.2) is 0 Å². The van der Waals surface area contributed by atoms with Crippen LogP contribution in [-0.4, -0.2) is 0 Å². The molecule has 1 aromatic carbocycles. The SMILES string of the molecule is CCCCCCCC1CCC(C2C=CC(c3ccc(F)cc3)=CC2)CC1. The van der Waals surface area contributed by atoms with Crippen molar-refractivity contribution >= 4 is 5.57 Å². The molecule has 2 aliphatic carbocycles. The van der Waals surface area contributed by atoms with Crippen molar-refractivity contribution in [1.82, 2.24) is 0 Å². The van der Waals surface area contributed by atoms with Gasteiger partial charge in [0.25, 0.3) is 0 Å². The summed E-state index contributed by atoms with van der Waals surface area (Å²) in [5, 5.41) is 0. The van der Waals surface area contributed by atoms with Crippen molar-refractivity contribution in [3.63, 3.8) is 0 Å². The monoisotopic (exact) mass is 354 g/mol. The minimum absolute atomic E-state index is 0.158. The molecule has 0 aromatic heterocycles. The topological polar surface area (TPSA) is 0 Å². The molecule has 2 aliphatic rings. The number of hydrogen-bond acceptors (Lipinski definition) is 0. The summed E-state index contributed by atoms with van der Waals surface area (Å²) >= 11 is 0. The molecular weight excluding hydrogens is 319 g/mol. The molecule has 3 rings (SSSR count). The van der Waals surface area contributed by atoms with Gasteiger partial charge in [0.05, 0.1) is 0 Å². The Morgan fingerprint density at radius 1 is 0.923 bits per heavy atom. The first-order valence-electron chi connectivity index (χ1n) is 10.9. The van der Waals surface area contributed by atoms with Crippen LogP contribution >= 0.6 is 0 Å². The lowest BCUT2D eigenvalue weighted by Gasteiger charge is -2.33. The Labute approximate surface area is 159 Å². The van der Waals surface area contributed by atoms with Crippen LogP contribution in [-0.2, 0) is 0 Å². The maximum absolute atomic E-state index is 13.1. The lowest BCUT2D eigenvalue weighted by Crippen LogP contribution is -2.21. The van der Waals surface area contributed by atoms with Crippen LogP contribution in [0.1, 0.15) is 83.1 Å². The van der Waals surface area contributed by atoms with E-state index in [1.165, 1.54) is 69.8 Å². The molecule has 1 saturated carbocycles. The molecular formula is C25H35F. The summed E-state index contributed by atoms with van der Waals surface area (Å²) in [4.78, 5) is 0. The van der Waals surface area contributed by atoms with E-state index in [1.807, 2.05) is 12.1 Å². The van der Waals surface area contributed by atoms with Crippen molar-refractivity contribution in [2.75, 3.05) is 0 Å². The molecule has 0 bridgehead atoms. The van der Waals surface area contributed by atoms with Crippen LogP contribution in [0.2, 0.25) is 0 Å². The van der Waals surface area contributed by atoms with Gasteiger partial charge in [-0.25, -0.2) is 4.39 Å². The van der Waals surface area contributed by atoms with Crippen LogP contribution in [0.25, 0.3) is 5.57 Å². The molecule has 0 radical (unpaired) electrons. The minimum atomic E-state index is -0.158. The van der Waals surface area contributed by atoms with E-state index in [1.54, 1.807) is 12.1 Å². The van der Waals surface area contributed by atoms with Crippen molar-refractivity contribution in [2.45, 2.75) is 77.6 Å². The van der Waals surface area contributed by atoms with Crippen LogP contribution in [0.4, 0.5) is 4.39 Å². The number of benzene rings is 1. The van der Waals surface area contributed by atoms with Gasteiger partial charge in [-0.1, -0.05) is 88.7 Å². The molecule has 0 heterocycles. The van der Waals surface area contributed by atoms with E-state index >= 15 is 0 Å². The molecule has 1 unspecified atom stereocenters. The third-order valence-corrected chi connectivity index (χ3v) is 6.52. The van der Waals surface area contributed by atoms with E-state index < -0.39 is 0 Å². The predicted octanol–water partition coefficient (Wildman–Crippen LogP) is 7.95. The Morgan fingerprint density at radius 2 is 1.65 bits per heavy atom. The normalized spacial score (nSPS) is 25.9.